The highest BCUT2D eigenvalue weighted by Gasteiger charge is 2.25. The molecule has 0 aliphatic carbocycles. The number of hydrogen-bond acceptors (Lipinski definition) is 3. The van der Waals surface area contributed by atoms with E-state index < -0.39 is 0 Å². The molecule has 1 heterocycles. The largest absolute Gasteiger partial charge is 0.497 e. The molecule has 19 heavy (non-hydrogen) atoms. The molecule has 1 aliphatic rings. The van der Waals surface area contributed by atoms with E-state index in [9.17, 15) is 4.79 Å². The molecule has 2 unspecified atom stereocenters. The number of piperidine rings is 1. The Morgan fingerprint density at radius 2 is 2.32 bits per heavy atom. The summed E-state index contributed by atoms with van der Waals surface area (Å²) >= 11 is 6.08. The van der Waals surface area contributed by atoms with Crippen molar-refractivity contribution in [3.63, 3.8) is 0 Å². The van der Waals surface area contributed by atoms with Crippen LogP contribution in [0.2, 0.25) is 5.02 Å². The Balaban J connectivity index is 2.05. The van der Waals surface area contributed by atoms with Crippen LogP contribution < -0.4 is 15.4 Å². The molecule has 1 aromatic rings. The molecule has 0 radical (unpaired) electrons. The quantitative estimate of drug-likeness (QED) is 0.896. The lowest BCUT2D eigenvalue weighted by molar-refractivity contribution is -0.120. The maximum absolute atomic E-state index is 12.2. The van der Waals surface area contributed by atoms with E-state index in [1.807, 2.05) is 0 Å². The van der Waals surface area contributed by atoms with Gasteiger partial charge >= 0.3 is 0 Å². The summed E-state index contributed by atoms with van der Waals surface area (Å²) in [4.78, 5) is 12.2. The van der Waals surface area contributed by atoms with Gasteiger partial charge in [-0.25, -0.2) is 0 Å². The number of ether oxygens (including phenoxy) is 1. The highest BCUT2D eigenvalue weighted by molar-refractivity contribution is 6.33. The van der Waals surface area contributed by atoms with Crippen molar-refractivity contribution in [2.24, 2.45) is 5.92 Å². The van der Waals surface area contributed by atoms with E-state index in [2.05, 4.69) is 17.6 Å². The first kappa shape index (κ1) is 14.2. The number of benzene rings is 1. The summed E-state index contributed by atoms with van der Waals surface area (Å²) in [5, 5.41) is 6.75. The number of carbonyl (C=O) groups excluding carboxylic acids is 1. The lowest BCUT2D eigenvalue weighted by atomic mass is 9.92. The Hall–Kier alpha value is -1.26. The highest BCUT2D eigenvalue weighted by atomic mass is 35.5. The van der Waals surface area contributed by atoms with Crippen LogP contribution in [-0.2, 0) is 4.79 Å². The van der Waals surface area contributed by atoms with Crippen LogP contribution in [0.25, 0.3) is 0 Å². The fraction of sp³-hybridized carbons (Fsp3) is 0.500. The molecule has 1 saturated heterocycles. The minimum absolute atomic E-state index is 0.0310. The Morgan fingerprint density at radius 1 is 1.53 bits per heavy atom. The molecule has 5 heteroatoms. The third kappa shape index (κ3) is 3.61. The second-order valence-electron chi connectivity index (χ2n) is 4.91. The molecule has 2 N–H and O–H groups in total. The van der Waals surface area contributed by atoms with E-state index >= 15 is 0 Å². The van der Waals surface area contributed by atoms with E-state index in [0.29, 0.717) is 22.5 Å². The van der Waals surface area contributed by atoms with Gasteiger partial charge in [0.15, 0.2) is 0 Å². The third-order valence-corrected chi connectivity index (χ3v) is 3.76. The van der Waals surface area contributed by atoms with Gasteiger partial charge in [0.1, 0.15) is 5.75 Å². The summed E-state index contributed by atoms with van der Waals surface area (Å²) in [6.07, 6.45) is 1.71. The fourth-order valence-electron chi connectivity index (χ4n) is 2.33. The van der Waals surface area contributed by atoms with Gasteiger partial charge in [-0.1, -0.05) is 11.6 Å². The highest BCUT2D eigenvalue weighted by Crippen LogP contribution is 2.28. The maximum atomic E-state index is 12.2. The van der Waals surface area contributed by atoms with Crippen LogP contribution >= 0.6 is 11.6 Å². The Morgan fingerprint density at radius 3 is 3.00 bits per heavy atom. The second-order valence-corrected chi connectivity index (χ2v) is 5.32. The summed E-state index contributed by atoms with van der Waals surface area (Å²) in [6, 6.07) is 5.61. The number of hydrogen-bond donors (Lipinski definition) is 2. The minimum atomic E-state index is 0.0310. The Labute approximate surface area is 118 Å². The van der Waals surface area contributed by atoms with Gasteiger partial charge in [0, 0.05) is 18.0 Å². The second kappa shape index (κ2) is 6.26. The molecule has 2 rings (SSSR count). The molecular weight excluding hydrogens is 264 g/mol. The van der Waals surface area contributed by atoms with E-state index in [4.69, 9.17) is 16.3 Å². The smallest absolute Gasteiger partial charge is 0.227 e. The first-order valence-corrected chi connectivity index (χ1v) is 6.85. The number of nitrogens with one attached hydrogen (secondary N) is 2. The first-order chi connectivity index (χ1) is 9.10. The van der Waals surface area contributed by atoms with Gasteiger partial charge in [0.05, 0.1) is 17.8 Å². The summed E-state index contributed by atoms with van der Waals surface area (Å²) < 4.78 is 5.13. The summed E-state index contributed by atoms with van der Waals surface area (Å²) in [7, 11) is 1.59. The van der Waals surface area contributed by atoms with Crippen LogP contribution in [-0.4, -0.2) is 25.6 Å². The van der Waals surface area contributed by atoms with Crippen molar-refractivity contribution in [1.29, 1.82) is 0 Å². The van der Waals surface area contributed by atoms with Crippen molar-refractivity contribution in [1.82, 2.24) is 5.32 Å². The lowest BCUT2D eigenvalue weighted by Crippen LogP contribution is -2.40. The molecule has 0 bridgehead atoms. The van der Waals surface area contributed by atoms with Crippen molar-refractivity contribution < 1.29 is 9.53 Å². The standard InChI is InChI=1S/C14H19ClN2O2/c1-9-7-10(5-6-16-9)14(18)17-13-8-11(19-2)3-4-12(13)15/h3-4,8-10,16H,5-7H2,1-2H3,(H,17,18). The van der Waals surface area contributed by atoms with Crippen molar-refractivity contribution in [2.45, 2.75) is 25.8 Å². The van der Waals surface area contributed by atoms with Crippen molar-refractivity contribution in [2.75, 3.05) is 19.0 Å². The molecule has 0 aromatic heterocycles. The van der Waals surface area contributed by atoms with Crippen LogP contribution in [0.15, 0.2) is 18.2 Å². The average Bonchev–Trinajstić information content (AvgIpc) is 2.41. The summed E-state index contributed by atoms with van der Waals surface area (Å²) in [6.45, 7) is 2.98. The molecule has 4 nitrogen and oxygen atoms in total. The molecule has 1 amide bonds. The molecule has 0 saturated carbocycles. The van der Waals surface area contributed by atoms with Crippen LogP contribution in [0.4, 0.5) is 5.69 Å². The minimum Gasteiger partial charge on any atom is -0.497 e. The van der Waals surface area contributed by atoms with E-state index in [-0.39, 0.29) is 11.8 Å². The van der Waals surface area contributed by atoms with Gasteiger partial charge in [-0.3, -0.25) is 4.79 Å². The van der Waals surface area contributed by atoms with E-state index in [1.165, 1.54) is 0 Å². The van der Waals surface area contributed by atoms with Gasteiger partial charge in [-0.2, -0.15) is 0 Å². The molecular formula is C14H19ClN2O2. The average molecular weight is 283 g/mol. The van der Waals surface area contributed by atoms with Crippen molar-refractivity contribution in [3.05, 3.63) is 23.2 Å². The predicted molar refractivity (Wildman–Crippen MR) is 76.8 cm³/mol. The lowest BCUT2D eigenvalue weighted by Gasteiger charge is -2.27. The first-order valence-electron chi connectivity index (χ1n) is 6.48. The van der Waals surface area contributed by atoms with Crippen molar-refractivity contribution >= 4 is 23.2 Å². The van der Waals surface area contributed by atoms with E-state index in [0.717, 1.165) is 19.4 Å². The molecule has 2 atom stereocenters. The van der Waals surface area contributed by atoms with Crippen LogP contribution in [0.3, 0.4) is 0 Å². The maximum Gasteiger partial charge on any atom is 0.227 e. The molecule has 1 aliphatic heterocycles. The number of anilines is 1. The Kier molecular flexibility index (Phi) is 4.66. The van der Waals surface area contributed by atoms with Gasteiger partial charge < -0.3 is 15.4 Å². The molecule has 1 fully saturated rings. The summed E-state index contributed by atoms with van der Waals surface area (Å²) in [5.41, 5.74) is 0.609. The third-order valence-electron chi connectivity index (χ3n) is 3.43. The summed E-state index contributed by atoms with van der Waals surface area (Å²) in [5.74, 6) is 0.750. The normalized spacial score (nSPS) is 22.9. The van der Waals surface area contributed by atoms with Crippen LogP contribution in [0.5, 0.6) is 5.75 Å². The topological polar surface area (TPSA) is 50.4 Å². The SMILES string of the molecule is COc1ccc(Cl)c(NC(=O)C2CCNC(C)C2)c1. The monoisotopic (exact) mass is 282 g/mol. The molecule has 1 aromatic carbocycles. The Bertz CT molecular complexity index is 465. The number of methoxy groups -OCH3 is 1. The van der Waals surface area contributed by atoms with Crippen LogP contribution in [0, 0.1) is 5.92 Å². The fourth-order valence-corrected chi connectivity index (χ4v) is 2.50. The molecule has 104 valence electrons. The van der Waals surface area contributed by atoms with Gasteiger partial charge in [-0.05, 0) is 38.4 Å². The zero-order valence-electron chi connectivity index (χ0n) is 11.2. The van der Waals surface area contributed by atoms with Gasteiger partial charge in [-0.15, -0.1) is 0 Å². The zero-order valence-corrected chi connectivity index (χ0v) is 12.0. The number of rotatable bonds is 3. The van der Waals surface area contributed by atoms with E-state index in [1.54, 1.807) is 25.3 Å². The number of carbonyl (C=O) groups is 1. The number of amides is 1. The van der Waals surface area contributed by atoms with Crippen molar-refractivity contribution in [3.8, 4) is 5.75 Å². The molecule has 0 spiro atoms. The zero-order chi connectivity index (χ0) is 13.8. The predicted octanol–water partition coefficient (Wildman–Crippen LogP) is 2.68. The number of halogens is 1. The van der Waals surface area contributed by atoms with Crippen LogP contribution in [0.1, 0.15) is 19.8 Å². The van der Waals surface area contributed by atoms with Gasteiger partial charge in [0.25, 0.3) is 0 Å². The van der Waals surface area contributed by atoms with Gasteiger partial charge in [0.2, 0.25) is 5.91 Å².